The van der Waals surface area contributed by atoms with Crippen LogP contribution in [0.3, 0.4) is 0 Å². The summed E-state index contributed by atoms with van der Waals surface area (Å²) in [5.41, 5.74) is 2.03. The van der Waals surface area contributed by atoms with Gasteiger partial charge >= 0.3 is 0 Å². The number of ether oxygens (including phenoxy) is 1. The Hall–Kier alpha value is -2.41. The van der Waals surface area contributed by atoms with Crippen LogP contribution < -0.4 is 15.4 Å². The maximum atomic E-state index is 12.4. The van der Waals surface area contributed by atoms with Gasteiger partial charge in [-0.1, -0.05) is 19.1 Å². The van der Waals surface area contributed by atoms with Crippen molar-refractivity contribution in [2.75, 3.05) is 19.6 Å². The van der Waals surface area contributed by atoms with Crippen molar-refractivity contribution < 1.29 is 9.53 Å². The lowest BCUT2D eigenvalue weighted by Gasteiger charge is -2.11. The molecule has 0 atom stereocenters. The molecule has 0 saturated heterocycles. The molecule has 142 valence electrons. The average molecular weight is 359 g/mol. The van der Waals surface area contributed by atoms with E-state index in [1.165, 1.54) is 0 Å². The van der Waals surface area contributed by atoms with Crippen molar-refractivity contribution in [3.63, 3.8) is 0 Å². The van der Waals surface area contributed by atoms with Gasteiger partial charge in [-0.25, -0.2) is 4.68 Å². The van der Waals surface area contributed by atoms with E-state index in [0.717, 1.165) is 36.6 Å². The summed E-state index contributed by atoms with van der Waals surface area (Å²) in [4.78, 5) is 12.4. The second kappa shape index (κ2) is 9.91. The first-order chi connectivity index (χ1) is 12.6. The third-order valence-electron chi connectivity index (χ3n) is 3.78. The number of carbonyl (C=O) groups excluding carboxylic acids is 1. The molecule has 0 aliphatic rings. The first-order valence-electron chi connectivity index (χ1n) is 9.27. The van der Waals surface area contributed by atoms with Crippen LogP contribution in [0.5, 0.6) is 5.75 Å². The van der Waals surface area contributed by atoms with Crippen molar-refractivity contribution in [3.05, 3.63) is 35.7 Å². The summed E-state index contributed by atoms with van der Waals surface area (Å²) in [6, 6.07) is 7.63. The van der Waals surface area contributed by atoms with Crippen LogP contribution in [-0.2, 0) is 6.42 Å². The van der Waals surface area contributed by atoms with Gasteiger partial charge in [0.05, 0.1) is 17.5 Å². The molecule has 1 aromatic heterocycles. The lowest BCUT2D eigenvalue weighted by atomic mass is 10.2. The Balaban J connectivity index is 2.08. The Labute approximate surface area is 155 Å². The molecule has 0 radical (unpaired) electrons. The van der Waals surface area contributed by atoms with Crippen LogP contribution in [0.25, 0.3) is 5.69 Å². The summed E-state index contributed by atoms with van der Waals surface area (Å²) in [7, 11) is 0. The molecule has 0 unspecified atom stereocenters. The minimum Gasteiger partial charge on any atom is -0.491 e. The number of rotatable bonds is 10. The summed E-state index contributed by atoms with van der Waals surface area (Å²) in [5, 5.41) is 14.4. The van der Waals surface area contributed by atoms with Crippen molar-refractivity contribution in [2.24, 2.45) is 0 Å². The van der Waals surface area contributed by atoms with Gasteiger partial charge in [-0.15, -0.1) is 5.10 Å². The van der Waals surface area contributed by atoms with E-state index >= 15 is 0 Å². The highest BCUT2D eigenvalue weighted by Crippen LogP contribution is 2.18. The Morgan fingerprint density at radius 1 is 1.15 bits per heavy atom. The summed E-state index contributed by atoms with van der Waals surface area (Å²) >= 11 is 0. The number of aromatic nitrogens is 3. The molecule has 1 heterocycles. The van der Waals surface area contributed by atoms with Gasteiger partial charge in [-0.3, -0.25) is 4.79 Å². The fourth-order valence-corrected chi connectivity index (χ4v) is 2.59. The zero-order valence-corrected chi connectivity index (χ0v) is 16.1. The van der Waals surface area contributed by atoms with Crippen molar-refractivity contribution in [2.45, 2.75) is 46.6 Å². The second-order valence-corrected chi connectivity index (χ2v) is 6.32. The predicted octanol–water partition coefficient (Wildman–Crippen LogP) is 2.35. The normalized spacial score (nSPS) is 11.0. The third-order valence-corrected chi connectivity index (χ3v) is 3.78. The number of carbonyl (C=O) groups is 1. The molecule has 7 heteroatoms. The van der Waals surface area contributed by atoms with Gasteiger partial charge in [0.1, 0.15) is 5.75 Å². The number of nitrogens with one attached hydrogen (secondary N) is 2. The largest absolute Gasteiger partial charge is 0.491 e. The van der Waals surface area contributed by atoms with Gasteiger partial charge in [0.25, 0.3) is 5.91 Å². The number of amides is 1. The fourth-order valence-electron chi connectivity index (χ4n) is 2.59. The summed E-state index contributed by atoms with van der Waals surface area (Å²) in [5.74, 6) is 0.616. The van der Waals surface area contributed by atoms with Gasteiger partial charge in [0.2, 0.25) is 0 Å². The molecule has 2 rings (SSSR count). The van der Waals surface area contributed by atoms with E-state index in [1.54, 1.807) is 4.68 Å². The van der Waals surface area contributed by atoms with Gasteiger partial charge in [0.15, 0.2) is 5.69 Å². The van der Waals surface area contributed by atoms with E-state index in [1.807, 2.05) is 45.0 Å². The molecule has 0 aliphatic carbocycles. The van der Waals surface area contributed by atoms with Crippen molar-refractivity contribution in [1.29, 1.82) is 0 Å². The number of nitrogens with zero attached hydrogens (tertiary/aromatic N) is 3. The number of benzene rings is 1. The molecular weight excluding hydrogens is 330 g/mol. The topological polar surface area (TPSA) is 81.1 Å². The van der Waals surface area contributed by atoms with Crippen LogP contribution in [0.1, 0.15) is 50.3 Å². The molecule has 0 bridgehead atoms. The molecule has 1 aromatic carbocycles. The van der Waals surface area contributed by atoms with Gasteiger partial charge in [-0.2, -0.15) is 0 Å². The van der Waals surface area contributed by atoms with E-state index in [2.05, 4.69) is 27.9 Å². The van der Waals surface area contributed by atoms with Gasteiger partial charge < -0.3 is 15.4 Å². The van der Waals surface area contributed by atoms with Crippen molar-refractivity contribution in [1.82, 2.24) is 25.6 Å². The highest BCUT2D eigenvalue weighted by Gasteiger charge is 2.19. The lowest BCUT2D eigenvalue weighted by molar-refractivity contribution is 0.0948. The SMILES string of the molecule is CCCNCCNC(=O)c1nnn(-c2ccc(OC(C)C)cc2)c1CC. The monoisotopic (exact) mass is 359 g/mol. The van der Waals surface area contributed by atoms with Gasteiger partial charge in [0, 0.05) is 13.1 Å². The van der Waals surface area contributed by atoms with Gasteiger partial charge in [-0.05, 0) is 57.5 Å². The summed E-state index contributed by atoms with van der Waals surface area (Å²) in [6.07, 6.45) is 1.86. The molecule has 0 fully saturated rings. The van der Waals surface area contributed by atoms with Crippen molar-refractivity contribution >= 4 is 5.91 Å². The van der Waals surface area contributed by atoms with E-state index in [9.17, 15) is 4.79 Å². The number of hydrogen-bond acceptors (Lipinski definition) is 5. The number of hydrogen-bond donors (Lipinski definition) is 2. The van der Waals surface area contributed by atoms with Crippen LogP contribution in [0, 0.1) is 0 Å². The summed E-state index contributed by atoms with van der Waals surface area (Å²) in [6.45, 7) is 10.3. The van der Waals surface area contributed by atoms with E-state index in [4.69, 9.17) is 4.74 Å². The molecule has 0 spiro atoms. The van der Waals surface area contributed by atoms with E-state index in [0.29, 0.717) is 18.7 Å². The zero-order valence-electron chi connectivity index (χ0n) is 16.1. The molecular formula is C19H29N5O2. The predicted molar refractivity (Wildman–Crippen MR) is 102 cm³/mol. The third kappa shape index (κ3) is 5.29. The first-order valence-corrected chi connectivity index (χ1v) is 9.27. The smallest absolute Gasteiger partial charge is 0.273 e. The molecule has 26 heavy (non-hydrogen) atoms. The van der Waals surface area contributed by atoms with E-state index in [-0.39, 0.29) is 12.0 Å². The standard InChI is InChI=1S/C19H29N5O2/c1-5-11-20-12-13-21-19(25)18-17(6-2)24(23-22-18)15-7-9-16(10-8-15)26-14(3)4/h7-10,14,20H,5-6,11-13H2,1-4H3,(H,21,25). The quantitative estimate of drug-likeness (QED) is 0.637. The average Bonchev–Trinajstić information content (AvgIpc) is 3.05. The van der Waals surface area contributed by atoms with Crippen LogP contribution in [0.2, 0.25) is 0 Å². The van der Waals surface area contributed by atoms with Crippen LogP contribution in [0.15, 0.2) is 24.3 Å². The molecule has 7 nitrogen and oxygen atoms in total. The molecule has 1 amide bonds. The van der Waals surface area contributed by atoms with Crippen LogP contribution in [-0.4, -0.2) is 46.6 Å². The maximum Gasteiger partial charge on any atom is 0.273 e. The first kappa shape index (κ1) is 19.9. The molecule has 0 aliphatic heterocycles. The Kier molecular flexibility index (Phi) is 7.59. The highest BCUT2D eigenvalue weighted by molar-refractivity contribution is 5.93. The van der Waals surface area contributed by atoms with Crippen LogP contribution in [0.4, 0.5) is 0 Å². The Bertz CT molecular complexity index is 694. The molecule has 0 saturated carbocycles. The van der Waals surface area contributed by atoms with Crippen molar-refractivity contribution in [3.8, 4) is 11.4 Å². The lowest BCUT2D eigenvalue weighted by Crippen LogP contribution is -2.32. The van der Waals surface area contributed by atoms with Crippen LogP contribution >= 0.6 is 0 Å². The van der Waals surface area contributed by atoms with E-state index < -0.39 is 0 Å². The zero-order chi connectivity index (χ0) is 18.9. The molecule has 2 N–H and O–H groups in total. The maximum absolute atomic E-state index is 12.4. The highest BCUT2D eigenvalue weighted by atomic mass is 16.5. The fraction of sp³-hybridized carbons (Fsp3) is 0.526. The Morgan fingerprint density at radius 3 is 2.50 bits per heavy atom. The molecule has 2 aromatic rings. The minimum absolute atomic E-state index is 0.125. The summed E-state index contributed by atoms with van der Waals surface area (Å²) < 4.78 is 7.37. The minimum atomic E-state index is -0.189. The second-order valence-electron chi connectivity index (χ2n) is 6.32. The Morgan fingerprint density at radius 2 is 1.88 bits per heavy atom.